The Morgan fingerprint density at radius 1 is 0.825 bits per heavy atom. The van der Waals surface area contributed by atoms with Crippen LogP contribution in [0.5, 0.6) is 5.75 Å². The van der Waals surface area contributed by atoms with Crippen molar-refractivity contribution in [3.05, 3.63) is 41.2 Å². The number of aromatic hydroxyl groups is 1. The van der Waals surface area contributed by atoms with Crippen LogP contribution < -0.4 is 0 Å². The third-order valence-electron chi connectivity index (χ3n) is 8.73. The van der Waals surface area contributed by atoms with Crippen molar-refractivity contribution in [1.82, 2.24) is 9.80 Å². The molecule has 40 heavy (non-hydrogen) atoms. The lowest BCUT2D eigenvalue weighted by atomic mass is 9.57. The zero-order chi connectivity index (χ0) is 28.9. The summed E-state index contributed by atoms with van der Waals surface area (Å²) >= 11 is 0. The van der Waals surface area contributed by atoms with Crippen LogP contribution in [0.15, 0.2) is 29.8 Å². The molecule has 2 aliphatic carbocycles. The summed E-state index contributed by atoms with van der Waals surface area (Å²) in [6, 6.07) is 3.92. The van der Waals surface area contributed by atoms with Gasteiger partial charge in [-0.05, 0) is 37.7 Å². The maximum absolute atomic E-state index is 14.5. The first-order chi connectivity index (χ1) is 19.0. The van der Waals surface area contributed by atoms with Crippen LogP contribution in [0.4, 0.5) is 4.39 Å². The van der Waals surface area contributed by atoms with Gasteiger partial charge in [0.1, 0.15) is 0 Å². The van der Waals surface area contributed by atoms with E-state index in [-0.39, 0.29) is 57.2 Å². The Morgan fingerprint density at radius 2 is 1.40 bits per heavy atom. The van der Waals surface area contributed by atoms with Crippen LogP contribution in [0.2, 0.25) is 0 Å². The Kier molecular flexibility index (Phi) is 7.19. The number of nitrogens with zero attached hydrogens (tertiary/aromatic N) is 2. The van der Waals surface area contributed by atoms with Gasteiger partial charge in [-0.2, -0.15) is 0 Å². The minimum atomic E-state index is -1.07. The summed E-state index contributed by atoms with van der Waals surface area (Å²) in [4.78, 5) is 77.9. The largest absolute Gasteiger partial charge is 0.505 e. The number of hydrogen-bond donors (Lipinski definition) is 3. The summed E-state index contributed by atoms with van der Waals surface area (Å²) in [5, 5.41) is 28.6. The standard InChI is InChI=1S/C28H29FN2O9/c29-18-5-1-4-14(24(18)36)21-13-8-9-15-22(27(39)30(25(15)37)10-2-6-19(32)33)16(13)12-17-23(21)28(40)31(26(17)38)11-3-7-20(34)35/h1,4-5,8,15-17,21-23,36H,2-3,6-7,9-12H2,(H,32,33)(H,34,35)/t15-,16+,17+,21+,22-,23+/m0/s1. The quantitative estimate of drug-likeness (QED) is 0.304. The number of aliphatic carboxylic acids is 2. The van der Waals surface area contributed by atoms with E-state index < -0.39 is 82.6 Å². The highest BCUT2D eigenvalue weighted by Gasteiger charge is 2.62. The predicted octanol–water partition coefficient (Wildman–Crippen LogP) is 1.90. The van der Waals surface area contributed by atoms with Crippen molar-refractivity contribution in [1.29, 1.82) is 0 Å². The predicted molar refractivity (Wildman–Crippen MR) is 133 cm³/mol. The lowest BCUT2D eigenvalue weighted by molar-refractivity contribution is -0.143. The van der Waals surface area contributed by atoms with Gasteiger partial charge in [-0.1, -0.05) is 23.8 Å². The maximum Gasteiger partial charge on any atom is 0.303 e. The summed E-state index contributed by atoms with van der Waals surface area (Å²) in [6.45, 7) is -0.155. The monoisotopic (exact) mass is 556 g/mol. The van der Waals surface area contributed by atoms with E-state index in [2.05, 4.69) is 0 Å². The van der Waals surface area contributed by atoms with Crippen molar-refractivity contribution in [3.63, 3.8) is 0 Å². The van der Waals surface area contributed by atoms with Gasteiger partial charge in [0.25, 0.3) is 0 Å². The van der Waals surface area contributed by atoms with Crippen LogP contribution in [-0.2, 0) is 28.8 Å². The Bertz CT molecular complexity index is 1340. The zero-order valence-electron chi connectivity index (χ0n) is 21.5. The number of rotatable bonds is 9. The first-order valence-electron chi connectivity index (χ1n) is 13.3. The number of phenols is 1. The van der Waals surface area contributed by atoms with Crippen LogP contribution in [0.1, 0.15) is 50.0 Å². The Hall–Kier alpha value is -4.09. The minimum Gasteiger partial charge on any atom is -0.505 e. The van der Waals surface area contributed by atoms with Crippen molar-refractivity contribution >= 4 is 35.6 Å². The molecule has 1 aromatic carbocycles. The highest BCUT2D eigenvalue weighted by Crippen LogP contribution is 2.58. The first-order valence-corrected chi connectivity index (χ1v) is 13.3. The summed E-state index contributed by atoms with van der Waals surface area (Å²) in [5.41, 5.74) is 0.693. The van der Waals surface area contributed by atoms with Gasteiger partial charge in [0.15, 0.2) is 11.6 Å². The molecule has 0 aromatic heterocycles. The highest BCUT2D eigenvalue weighted by molar-refractivity contribution is 6.08. The number of para-hydroxylation sites is 1. The second kappa shape index (κ2) is 10.5. The maximum atomic E-state index is 14.5. The third-order valence-corrected chi connectivity index (χ3v) is 8.73. The van der Waals surface area contributed by atoms with E-state index in [0.29, 0.717) is 5.57 Å². The van der Waals surface area contributed by atoms with Gasteiger partial charge in [0.05, 0.1) is 23.7 Å². The molecule has 1 aromatic rings. The van der Waals surface area contributed by atoms with E-state index in [9.17, 15) is 38.3 Å². The summed E-state index contributed by atoms with van der Waals surface area (Å²) in [6.07, 6.45) is 1.72. The van der Waals surface area contributed by atoms with E-state index in [4.69, 9.17) is 10.2 Å². The molecule has 4 amide bonds. The fourth-order valence-electron chi connectivity index (χ4n) is 7.07. The van der Waals surface area contributed by atoms with Gasteiger partial charge in [0, 0.05) is 37.4 Å². The van der Waals surface area contributed by atoms with Crippen LogP contribution in [0.3, 0.4) is 0 Å². The van der Waals surface area contributed by atoms with E-state index in [1.807, 2.05) is 0 Å². The second-order valence-corrected chi connectivity index (χ2v) is 10.9. The number of carboxylic acid groups (broad SMARTS) is 2. The van der Waals surface area contributed by atoms with Gasteiger partial charge in [0.2, 0.25) is 23.6 Å². The lowest BCUT2D eigenvalue weighted by Gasteiger charge is -2.44. The molecular weight excluding hydrogens is 527 g/mol. The molecule has 2 saturated heterocycles. The van der Waals surface area contributed by atoms with Crippen molar-refractivity contribution in [3.8, 4) is 5.75 Å². The van der Waals surface area contributed by atoms with Crippen LogP contribution >= 0.6 is 0 Å². The molecule has 5 rings (SSSR count). The van der Waals surface area contributed by atoms with Crippen molar-refractivity contribution in [2.45, 2.75) is 44.4 Å². The van der Waals surface area contributed by atoms with Crippen LogP contribution in [0, 0.1) is 35.4 Å². The third kappa shape index (κ3) is 4.44. The fraction of sp³-hybridized carbons (Fsp3) is 0.500. The number of halogens is 1. The average Bonchev–Trinajstić information content (AvgIpc) is 3.29. The smallest absolute Gasteiger partial charge is 0.303 e. The molecule has 2 aliphatic heterocycles. The molecular formula is C28H29FN2O9. The number of carbonyl (C=O) groups is 6. The molecule has 11 nitrogen and oxygen atoms in total. The molecule has 3 N–H and O–H groups in total. The van der Waals surface area contributed by atoms with Gasteiger partial charge >= 0.3 is 11.9 Å². The Balaban J connectivity index is 1.52. The van der Waals surface area contributed by atoms with Gasteiger partial charge in [-0.3, -0.25) is 38.6 Å². The molecule has 3 fully saturated rings. The van der Waals surface area contributed by atoms with Crippen molar-refractivity contribution in [2.24, 2.45) is 29.6 Å². The highest BCUT2D eigenvalue weighted by atomic mass is 19.1. The first kappa shape index (κ1) is 27.5. The Morgan fingerprint density at radius 3 is 2.00 bits per heavy atom. The normalized spacial score (nSPS) is 29.3. The number of allylic oxidation sites excluding steroid dienone is 2. The second-order valence-electron chi connectivity index (χ2n) is 10.9. The molecule has 0 unspecified atom stereocenters. The molecule has 0 spiro atoms. The molecule has 0 bridgehead atoms. The summed E-state index contributed by atoms with van der Waals surface area (Å²) in [5.74, 6) is -10.6. The number of likely N-dealkylation sites (tertiary alicyclic amines) is 2. The van der Waals surface area contributed by atoms with Gasteiger partial charge in [-0.25, -0.2) is 4.39 Å². The van der Waals surface area contributed by atoms with Crippen LogP contribution in [-0.4, -0.2) is 73.8 Å². The molecule has 1 saturated carbocycles. The van der Waals surface area contributed by atoms with E-state index >= 15 is 0 Å². The van der Waals surface area contributed by atoms with Crippen LogP contribution in [0.25, 0.3) is 0 Å². The molecule has 4 aliphatic rings. The summed E-state index contributed by atoms with van der Waals surface area (Å²) < 4.78 is 14.5. The number of hydrogen-bond acceptors (Lipinski definition) is 7. The number of carboxylic acids is 2. The van der Waals surface area contributed by atoms with Gasteiger partial charge in [-0.15, -0.1) is 0 Å². The molecule has 212 valence electrons. The van der Waals surface area contributed by atoms with Gasteiger partial charge < -0.3 is 15.3 Å². The number of carbonyl (C=O) groups excluding carboxylic acids is 4. The van der Waals surface area contributed by atoms with Crippen molar-refractivity contribution in [2.75, 3.05) is 13.1 Å². The number of imide groups is 2. The lowest BCUT2D eigenvalue weighted by Crippen LogP contribution is -2.43. The van der Waals surface area contributed by atoms with E-state index in [1.54, 1.807) is 6.08 Å². The molecule has 2 heterocycles. The number of phenolic OH excluding ortho intramolecular Hbond substituents is 1. The number of fused-ring (bicyclic) bond motifs is 4. The number of amides is 4. The molecule has 12 heteroatoms. The average molecular weight is 557 g/mol. The topological polar surface area (TPSA) is 170 Å². The molecule has 6 atom stereocenters. The Labute approximate surface area is 228 Å². The molecule has 0 radical (unpaired) electrons. The fourth-order valence-corrected chi connectivity index (χ4v) is 7.07. The SMILES string of the molecule is O=C(O)CCCN1C(=O)[C@H]2[C@H](CC=C3[C@H]2C[C@H]2C(=O)N(CCCC(=O)O)C(=O)[C@H]2[C@H]3c2cccc(F)c2O)C1=O. The van der Waals surface area contributed by atoms with E-state index in [0.717, 1.165) is 15.9 Å². The van der Waals surface area contributed by atoms with E-state index in [1.165, 1.54) is 12.1 Å². The number of benzene rings is 1. The minimum absolute atomic E-state index is 0.0477. The zero-order valence-corrected chi connectivity index (χ0v) is 21.5. The van der Waals surface area contributed by atoms with Crippen molar-refractivity contribution < 1.29 is 48.5 Å². The summed E-state index contributed by atoms with van der Waals surface area (Å²) in [7, 11) is 0.